The lowest BCUT2D eigenvalue weighted by Gasteiger charge is -2.23. The molecule has 4 nitrogen and oxygen atoms in total. The Kier molecular flexibility index (Phi) is 6.63. The van der Waals surface area contributed by atoms with Gasteiger partial charge in [0, 0.05) is 12.6 Å². The molecular formula is C15H30N2O2. The van der Waals surface area contributed by atoms with Crippen molar-refractivity contribution < 1.29 is 9.53 Å². The van der Waals surface area contributed by atoms with Crippen molar-refractivity contribution in [2.75, 3.05) is 13.1 Å². The van der Waals surface area contributed by atoms with Crippen LogP contribution < -0.4 is 10.6 Å². The monoisotopic (exact) mass is 270 g/mol. The first-order valence-corrected chi connectivity index (χ1v) is 7.62. The predicted molar refractivity (Wildman–Crippen MR) is 78.3 cm³/mol. The van der Waals surface area contributed by atoms with Crippen LogP contribution in [0, 0.1) is 5.92 Å². The summed E-state index contributed by atoms with van der Waals surface area (Å²) >= 11 is 0. The average molecular weight is 270 g/mol. The number of unbranched alkanes of at least 4 members (excludes halogenated alkanes) is 1. The lowest BCUT2D eigenvalue weighted by Crippen LogP contribution is -2.41. The van der Waals surface area contributed by atoms with E-state index in [0.29, 0.717) is 12.0 Å². The van der Waals surface area contributed by atoms with Crippen molar-refractivity contribution in [1.29, 1.82) is 0 Å². The summed E-state index contributed by atoms with van der Waals surface area (Å²) < 4.78 is 5.26. The maximum absolute atomic E-state index is 11.6. The number of carbonyl (C=O) groups is 1. The molecule has 1 fully saturated rings. The van der Waals surface area contributed by atoms with Gasteiger partial charge >= 0.3 is 6.09 Å². The van der Waals surface area contributed by atoms with Crippen LogP contribution in [0.1, 0.15) is 59.8 Å². The van der Waals surface area contributed by atoms with Crippen molar-refractivity contribution in [3.63, 3.8) is 0 Å². The molecule has 0 aromatic heterocycles. The van der Waals surface area contributed by atoms with E-state index in [1.807, 2.05) is 20.8 Å². The molecule has 2 atom stereocenters. The minimum absolute atomic E-state index is 0.299. The Morgan fingerprint density at radius 3 is 2.68 bits per heavy atom. The Morgan fingerprint density at radius 1 is 1.32 bits per heavy atom. The van der Waals surface area contributed by atoms with E-state index in [-0.39, 0.29) is 6.09 Å². The van der Waals surface area contributed by atoms with E-state index in [4.69, 9.17) is 4.74 Å². The van der Waals surface area contributed by atoms with Crippen LogP contribution in [0.15, 0.2) is 0 Å². The van der Waals surface area contributed by atoms with E-state index < -0.39 is 5.60 Å². The summed E-state index contributed by atoms with van der Waals surface area (Å²) in [6.07, 6.45) is 5.82. The van der Waals surface area contributed by atoms with Gasteiger partial charge in [-0.2, -0.15) is 0 Å². The molecule has 2 N–H and O–H groups in total. The molecule has 1 rings (SSSR count). The van der Waals surface area contributed by atoms with Crippen molar-refractivity contribution in [2.24, 2.45) is 5.92 Å². The Labute approximate surface area is 117 Å². The first-order chi connectivity index (χ1) is 8.92. The Hall–Kier alpha value is -0.770. The zero-order chi connectivity index (χ0) is 14.3. The second kappa shape index (κ2) is 7.73. The van der Waals surface area contributed by atoms with E-state index >= 15 is 0 Å². The lowest BCUT2D eigenvalue weighted by molar-refractivity contribution is 0.0517. The second-order valence-corrected chi connectivity index (χ2v) is 6.49. The van der Waals surface area contributed by atoms with Crippen LogP contribution in [0.25, 0.3) is 0 Å². The summed E-state index contributed by atoms with van der Waals surface area (Å²) in [5.41, 5.74) is -0.418. The molecule has 19 heavy (non-hydrogen) atoms. The molecule has 1 amide bonds. The fraction of sp³-hybridized carbons (Fsp3) is 0.933. The largest absolute Gasteiger partial charge is 0.444 e. The Balaban J connectivity index is 2.25. The summed E-state index contributed by atoms with van der Waals surface area (Å²) in [4.78, 5) is 11.6. The Bertz CT molecular complexity index is 274. The number of rotatable bonds is 6. The van der Waals surface area contributed by atoms with Gasteiger partial charge in [-0.05, 0) is 52.5 Å². The van der Waals surface area contributed by atoms with Crippen LogP contribution in [0.5, 0.6) is 0 Å². The first kappa shape index (κ1) is 16.3. The maximum atomic E-state index is 11.6. The topological polar surface area (TPSA) is 50.4 Å². The number of carbonyl (C=O) groups excluding carboxylic acids is 1. The second-order valence-electron chi connectivity index (χ2n) is 6.49. The van der Waals surface area contributed by atoms with Crippen molar-refractivity contribution in [3.8, 4) is 0 Å². The molecule has 1 saturated carbocycles. The van der Waals surface area contributed by atoms with Gasteiger partial charge in [0.2, 0.25) is 0 Å². The van der Waals surface area contributed by atoms with E-state index in [0.717, 1.165) is 13.1 Å². The lowest BCUT2D eigenvalue weighted by atomic mass is 10.0. The van der Waals surface area contributed by atoms with Crippen molar-refractivity contribution in [2.45, 2.75) is 71.4 Å². The first-order valence-electron chi connectivity index (χ1n) is 7.62. The molecule has 0 aliphatic heterocycles. The summed E-state index contributed by atoms with van der Waals surface area (Å²) in [6, 6.07) is 0.557. The highest BCUT2D eigenvalue weighted by atomic mass is 16.6. The molecule has 1 aliphatic carbocycles. The third-order valence-electron chi connectivity index (χ3n) is 3.50. The average Bonchev–Trinajstić information content (AvgIpc) is 2.72. The number of amides is 1. The van der Waals surface area contributed by atoms with Gasteiger partial charge in [0.1, 0.15) is 5.60 Å². The molecule has 1 aliphatic rings. The molecule has 112 valence electrons. The van der Waals surface area contributed by atoms with Crippen LogP contribution in [0.2, 0.25) is 0 Å². The highest BCUT2D eigenvalue weighted by Crippen LogP contribution is 2.25. The Morgan fingerprint density at radius 2 is 2.05 bits per heavy atom. The summed E-state index contributed by atoms with van der Waals surface area (Å²) in [5.74, 6) is 0.546. The van der Waals surface area contributed by atoms with Gasteiger partial charge in [-0.3, -0.25) is 0 Å². The van der Waals surface area contributed by atoms with E-state index in [2.05, 4.69) is 17.6 Å². The standard InChI is InChI=1S/C15H30N2O2/c1-5-6-10-16-13-9-7-8-12(13)11-17-14(18)19-15(2,3)4/h12-13,16H,5-11H2,1-4H3,(H,17,18). The van der Waals surface area contributed by atoms with E-state index in [9.17, 15) is 4.79 Å². The molecule has 0 spiro atoms. The van der Waals surface area contributed by atoms with Gasteiger partial charge in [-0.1, -0.05) is 19.8 Å². The van der Waals surface area contributed by atoms with Gasteiger partial charge in [-0.25, -0.2) is 4.79 Å². The fourth-order valence-corrected chi connectivity index (χ4v) is 2.54. The molecular weight excluding hydrogens is 240 g/mol. The minimum Gasteiger partial charge on any atom is -0.444 e. The van der Waals surface area contributed by atoms with Crippen LogP contribution >= 0.6 is 0 Å². The SMILES string of the molecule is CCCCNC1CCCC1CNC(=O)OC(C)(C)C. The third-order valence-corrected chi connectivity index (χ3v) is 3.50. The molecule has 0 bridgehead atoms. The van der Waals surface area contributed by atoms with Crippen LogP contribution in [0.3, 0.4) is 0 Å². The number of hydrogen-bond donors (Lipinski definition) is 2. The van der Waals surface area contributed by atoms with Crippen LogP contribution in [-0.2, 0) is 4.74 Å². The number of nitrogens with one attached hydrogen (secondary N) is 2. The smallest absolute Gasteiger partial charge is 0.407 e. The van der Waals surface area contributed by atoms with Crippen LogP contribution in [-0.4, -0.2) is 30.8 Å². The van der Waals surface area contributed by atoms with Gasteiger partial charge in [-0.15, -0.1) is 0 Å². The van der Waals surface area contributed by atoms with Gasteiger partial charge in [0.05, 0.1) is 0 Å². The highest BCUT2D eigenvalue weighted by molar-refractivity contribution is 5.67. The zero-order valence-electron chi connectivity index (χ0n) is 12.9. The molecule has 4 heteroatoms. The fourth-order valence-electron chi connectivity index (χ4n) is 2.54. The normalized spacial score (nSPS) is 23.4. The molecule has 0 heterocycles. The quantitative estimate of drug-likeness (QED) is 0.729. The summed E-state index contributed by atoms with van der Waals surface area (Å²) in [5, 5.41) is 6.51. The van der Waals surface area contributed by atoms with Gasteiger partial charge < -0.3 is 15.4 Å². The number of alkyl carbamates (subject to hydrolysis) is 1. The summed E-state index contributed by atoms with van der Waals surface area (Å²) in [6.45, 7) is 9.67. The minimum atomic E-state index is -0.418. The van der Waals surface area contributed by atoms with Gasteiger partial charge in [0.25, 0.3) is 0 Å². The van der Waals surface area contributed by atoms with E-state index in [1.165, 1.54) is 32.1 Å². The molecule has 0 saturated heterocycles. The zero-order valence-corrected chi connectivity index (χ0v) is 12.9. The third kappa shape index (κ3) is 6.81. The predicted octanol–water partition coefficient (Wildman–Crippen LogP) is 3.07. The molecule has 2 unspecified atom stereocenters. The van der Waals surface area contributed by atoms with Crippen molar-refractivity contribution in [1.82, 2.24) is 10.6 Å². The molecule has 0 aromatic rings. The maximum Gasteiger partial charge on any atom is 0.407 e. The van der Waals surface area contributed by atoms with E-state index in [1.54, 1.807) is 0 Å². The van der Waals surface area contributed by atoms with Crippen LogP contribution in [0.4, 0.5) is 4.79 Å². The molecule has 0 radical (unpaired) electrons. The highest BCUT2D eigenvalue weighted by Gasteiger charge is 2.27. The van der Waals surface area contributed by atoms with Crippen molar-refractivity contribution in [3.05, 3.63) is 0 Å². The van der Waals surface area contributed by atoms with Crippen molar-refractivity contribution >= 4 is 6.09 Å². The number of hydrogen-bond acceptors (Lipinski definition) is 3. The summed E-state index contributed by atoms with van der Waals surface area (Å²) in [7, 11) is 0. The number of ether oxygens (including phenoxy) is 1. The van der Waals surface area contributed by atoms with Gasteiger partial charge in [0.15, 0.2) is 0 Å². The molecule has 0 aromatic carbocycles.